The molecule has 1 aliphatic carbocycles. The molecule has 1 fully saturated rings. The second-order valence-corrected chi connectivity index (χ2v) is 6.36. The number of rotatable bonds is 4. The Morgan fingerprint density at radius 1 is 1.18 bits per heavy atom. The van der Waals surface area contributed by atoms with Gasteiger partial charge in [-0.15, -0.1) is 0 Å². The Bertz CT molecular complexity index is 385. The van der Waals surface area contributed by atoms with E-state index in [2.05, 4.69) is 43.4 Å². The number of hydrogen-bond acceptors (Lipinski definition) is 4. The van der Waals surface area contributed by atoms with Crippen LogP contribution in [0.2, 0.25) is 0 Å². The maximum absolute atomic E-state index is 4.56. The Morgan fingerprint density at radius 2 is 1.76 bits per heavy atom. The third-order valence-electron chi connectivity index (χ3n) is 3.87. The van der Waals surface area contributed by atoms with Gasteiger partial charge in [0.2, 0.25) is 0 Å². The lowest BCUT2D eigenvalue weighted by Gasteiger charge is -2.40. The van der Waals surface area contributed by atoms with E-state index < -0.39 is 0 Å². The maximum Gasteiger partial charge on any atom is 0.188 e. The van der Waals surface area contributed by atoms with Crippen LogP contribution in [0, 0.1) is 26.2 Å². The molecule has 1 heterocycles. The zero-order valence-corrected chi connectivity index (χ0v) is 12.5. The molecular formula is C13H20N2S2. The van der Waals surface area contributed by atoms with Crippen LogP contribution in [0.4, 0.5) is 0 Å². The van der Waals surface area contributed by atoms with E-state index in [4.69, 9.17) is 0 Å². The summed E-state index contributed by atoms with van der Waals surface area (Å²) in [6.07, 6.45) is 3.98. The summed E-state index contributed by atoms with van der Waals surface area (Å²) in [5, 5.41) is 0.929. The summed E-state index contributed by atoms with van der Waals surface area (Å²) in [5.41, 5.74) is 3.87. The third kappa shape index (κ3) is 2.79. The molecule has 0 saturated heterocycles. The van der Waals surface area contributed by atoms with Crippen LogP contribution >= 0.6 is 24.4 Å². The van der Waals surface area contributed by atoms with E-state index in [1.165, 1.54) is 24.8 Å². The van der Waals surface area contributed by atoms with Crippen LogP contribution in [0.25, 0.3) is 0 Å². The molecule has 17 heavy (non-hydrogen) atoms. The Kier molecular flexibility index (Phi) is 4.03. The lowest BCUT2D eigenvalue weighted by atomic mass is 9.72. The second kappa shape index (κ2) is 5.19. The molecule has 2 rings (SSSR count). The van der Waals surface area contributed by atoms with Gasteiger partial charge in [-0.1, -0.05) is 18.2 Å². The molecule has 0 spiro atoms. The van der Waals surface area contributed by atoms with Crippen LogP contribution in [0.3, 0.4) is 0 Å². The van der Waals surface area contributed by atoms with Gasteiger partial charge in [-0.25, -0.2) is 9.97 Å². The molecule has 0 amide bonds. The van der Waals surface area contributed by atoms with E-state index in [-0.39, 0.29) is 0 Å². The van der Waals surface area contributed by atoms with Gasteiger partial charge < -0.3 is 0 Å². The summed E-state index contributed by atoms with van der Waals surface area (Å²) in [4.78, 5) is 9.11. The normalized spacial score (nSPS) is 17.9. The standard InChI is InChI=1S/C13H20N2S2/c1-9-10(2)14-12(15-11(9)3)17-8-13(7-16)5-4-6-13/h16H,4-8H2,1-3H3. The largest absolute Gasteiger partial charge is 0.228 e. The number of aromatic nitrogens is 2. The van der Waals surface area contributed by atoms with Crippen molar-refractivity contribution in [1.29, 1.82) is 0 Å². The molecule has 1 aromatic heterocycles. The highest BCUT2D eigenvalue weighted by atomic mass is 32.2. The van der Waals surface area contributed by atoms with Gasteiger partial charge in [-0.2, -0.15) is 12.6 Å². The first-order chi connectivity index (χ1) is 8.06. The fourth-order valence-electron chi connectivity index (χ4n) is 2.05. The predicted molar refractivity (Wildman–Crippen MR) is 77.1 cm³/mol. The molecule has 0 N–H and O–H groups in total. The Balaban J connectivity index is 2.04. The van der Waals surface area contributed by atoms with Crippen LogP contribution < -0.4 is 0 Å². The summed E-state index contributed by atoms with van der Waals surface area (Å²) < 4.78 is 0. The van der Waals surface area contributed by atoms with Gasteiger partial charge in [0.05, 0.1) is 0 Å². The van der Waals surface area contributed by atoms with Crippen molar-refractivity contribution < 1.29 is 0 Å². The van der Waals surface area contributed by atoms with Gasteiger partial charge in [0.1, 0.15) is 0 Å². The van der Waals surface area contributed by atoms with Crippen molar-refractivity contribution >= 4 is 24.4 Å². The van der Waals surface area contributed by atoms with E-state index in [0.717, 1.165) is 28.0 Å². The van der Waals surface area contributed by atoms with Gasteiger partial charge in [0, 0.05) is 17.1 Å². The molecule has 2 nitrogen and oxygen atoms in total. The molecule has 0 unspecified atom stereocenters. The Morgan fingerprint density at radius 3 is 2.18 bits per heavy atom. The van der Waals surface area contributed by atoms with Crippen molar-refractivity contribution in [2.45, 2.75) is 45.2 Å². The Hall–Kier alpha value is -0.220. The summed E-state index contributed by atoms with van der Waals surface area (Å²) in [6.45, 7) is 6.21. The highest BCUT2D eigenvalue weighted by Gasteiger charge is 2.35. The molecule has 0 atom stereocenters. The quantitative estimate of drug-likeness (QED) is 0.513. The van der Waals surface area contributed by atoms with Crippen LogP contribution in [0.5, 0.6) is 0 Å². The average Bonchev–Trinajstić information content (AvgIpc) is 2.25. The zero-order valence-electron chi connectivity index (χ0n) is 10.8. The molecule has 1 aliphatic rings. The molecule has 94 valence electrons. The minimum Gasteiger partial charge on any atom is -0.228 e. The van der Waals surface area contributed by atoms with Gasteiger partial charge >= 0.3 is 0 Å². The highest BCUT2D eigenvalue weighted by molar-refractivity contribution is 7.99. The van der Waals surface area contributed by atoms with Crippen molar-refractivity contribution in [2.24, 2.45) is 5.41 Å². The number of hydrogen-bond donors (Lipinski definition) is 1. The van der Waals surface area contributed by atoms with Crippen molar-refractivity contribution in [1.82, 2.24) is 9.97 Å². The highest BCUT2D eigenvalue weighted by Crippen LogP contribution is 2.45. The lowest BCUT2D eigenvalue weighted by molar-refractivity contribution is 0.205. The monoisotopic (exact) mass is 268 g/mol. The number of thioether (sulfide) groups is 1. The van der Waals surface area contributed by atoms with E-state index in [0.29, 0.717) is 5.41 Å². The van der Waals surface area contributed by atoms with Crippen LogP contribution in [-0.4, -0.2) is 21.5 Å². The van der Waals surface area contributed by atoms with E-state index in [1.54, 1.807) is 11.8 Å². The molecular weight excluding hydrogens is 248 g/mol. The predicted octanol–water partition coefficient (Wildman–Crippen LogP) is 3.59. The molecule has 0 bridgehead atoms. The van der Waals surface area contributed by atoms with Crippen LogP contribution in [-0.2, 0) is 0 Å². The molecule has 1 saturated carbocycles. The van der Waals surface area contributed by atoms with E-state index in [1.807, 2.05) is 0 Å². The molecule has 0 aromatic carbocycles. The topological polar surface area (TPSA) is 25.8 Å². The second-order valence-electron chi connectivity index (χ2n) is 5.10. The van der Waals surface area contributed by atoms with Crippen molar-refractivity contribution in [3.05, 3.63) is 17.0 Å². The molecule has 0 aliphatic heterocycles. The maximum atomic E-state index is 4.56. The first kappa shape index (κ1) is 13.2. The summed E-state index contributed by atoms with van der Waals surface area (Å²) in [5.74, 6) is 2.10. The molecule has 0 radical (unpaired) electrons. The first-order valence-electron chi connectivity index (χ1n) is 6.12. The average molecular weight is 268 g/mol. The van der Waals surface area contributed by atoms with Gasteiger partial charge in [0.25, 0.3) is 0 Å². The third-order valence-corrected chi connectivity index (χ3v) is 5.74. The summed E-state index contributed by atoms with van der Waals surface area (Å²) in [6, 6.07) is 0. The number of thiol groups is 1. The van der Waals surface area contributed by atoms with E-state index in [9.17, 15) is 0 Å². The van der Waals surface area contributed by atoms with Crippen molar-refractivity contribution in [3.8, 4) is 0 Å². The lowest BCUT2D eigenvalue weighted by Crippen LogP contribution is -2.33. The smallest absolute Gasteiger partial charge is 0.188 e. The van der Waals surface area contributed by atoms with Crippen molar-refractivity contribution in [2.75, 3.05) is 11.5 Å². The van der Waals surface area contributed by atoms with Crippen LogP contribution in [0.15, 0.2) is 5.16 Å². The first-order valence-corrected chi connectivity index (χ1v) is 7.74. The molecule has 4 heteroatoms. The van der Waals surface area contributed by atoms with Gasteiger partial charge in [-0.3, -0.25) is 0 Å². The van der Waals surface area contributed by atoms with Gasteiger partial charge in [0.15, 0.2) is 5.16 Å². The summed E-state index contributed by atoms with van der Waals surface area (Å²) in [7, 11) is 0. The molecule has 1 aromatic rings. The fraction of sp³-hybridized carbons (Fsp3) is 0.692. The SMILES string of the molecule is Cc1nc(SCC2(CS)CCC2)nc(C)c1C. The minimum absolute atomic E-state index is 0.448. The minimum atomic E-state index is 0.448. The number of aryl methyl sites for hydroxylation is 2. The summed E-state index contributed by atoms with van der Waals surface area (Å²) >= 11 is 6.28. The van der Waals surface area contributed by atoms with Crippen LogP contribution in [0.1, 0.15) is 36.2 Å². The van der Waals surface area contributed by atoms with E-state index >= 15 is 0 Å². The van der Waals surface area contributed by atoms with Gasteiger partial charge in [-0.05, 0) is 50.3 Å². The fourth-order valence-corrected chi connectivity index (χ4v) is 3.86. The number of nitrogens with zero attached hydrogens (tertiary/aromatic N) is 2. The van der Waals surface area contributed by atoms with Crippen molar-refractivity contribution in [3.63, 3.8) is 0 Å². The Labute approximate surface area is 113 Å². The zero-order chi connectivity index (χ0) is 12.5.